The number of hydrogen-bond acceptors (Lipinski definition) is 2. The molecule has 0 radical (unpaired) electrons. The van der Waals surface area contributed by atoms with Crippen molar-refractivity contribution in [2.24, 2.45) is 11.3 Å². The van der Waals surface area contributed by atoms with Crippen molar-refractivity contribution in [3.63, 3.8) is 0 Å². The summed E-state index contributed by atoms with van der Waals surface area (Å²) in [4.78, 5) is 14.5. The van der Waals surface area contributed by atoms with E-state index in [1.165, 1.54) is 24.9 Å². The third-order valence-corrected chi connectivity index (χ3v) is 4.08. The van der Waals surface area contributed by atoms with Crippen LogP contribution in [0, 0.1) is 11.3 Å². The molecule has 0 aliphatic carbocycles. The molecule has 1 aliphatic heterocycles. The van der Waals surface area contributed by atoms with E-state index >= 15 is 0 Å². The Balaban J connectivity index is 1.80. The smallest absolute Gasteiger partial charge is 0.225 e. The first-order chi connectivity index (χ1) is 9.95. The highest BCUT2D eigenvalue weighted by Crippen LogP contribution is 2.19. The Hall–Kier alpha value is -1.35. The molecule has 1 unspecified atom stereocenters. The Morgan fingerprint density at radius 3 is 2.67 bits per heavy atom. The van der Waals surface area contributed by atoms with Gasteiger partial charge in [0, 0.05) is 25.0 Å². The second-order valence-electron chi connectivity index (χ2n) is 7.19. The average Bonchev–Trinajstić information content (AvgIpc) is 2.45. The maximum Gasteiger partial charge on any atom is 0.225 e. The highest BCUT2D eigenvalue weighted by atomic mass is 16.2. The molecule has 1 amide bonds. The number of benzene rings is 1. The van der Waals surface area contributed by atoms with Crippen LogP contribution in [0.15, 0.2) is 30.3 Å². The Morgan fingerprint density at radius 1 is 1.29 bits per heavy atom. The molecule has 1 aromatic rings. The molecule has 2 rings (SSSR count). The average molecular weight is 288 g/mol. The van der Waals surface area contributed by atoms with Crippen molar-refractivity contribution in [1.82, 2.24) is 10.2 Å². The first kappa shape index (κ1) is 16.0. The number of nitrogens with zero attached hydrogens (tertiary/aromatic N) is 1. The quantitative estimate of drug-likeness (QED) is 0.923. The Kier molecular flexibility index (Phi) is 5.40. The summed E-state index contributed by atoms with van der Waals surface area (Å²) >= 11 is 0. The normalized spacial score (nSPS) is 20.2. The lowest BCUT2D eigenvalue weighted by atomic mass is 9.94. The minimum atomic E-state index is -0.293. The molecule has 0 spiro atoms. The van der Waals surface area contributed by atoms with Gasteiger partial charge in [-0.15, -0.1) is 0 Å². The van der Waals surface area contributed by atoms with Crippen molar-refractivity contribution in [2.45, 2.75) is 40.2 Å². The van der Waals surface area contributed by atoms with Crippen LogP contribution in [0.4, 0.5) is 0 Å². The van der Waals surface area contributed by atoms with Crippen LogP contribution in [0.1, 0.15) is 39.2 Å². The van der Waals surface area contributed by atoms with Crippen LogP contribution >= 0.6 is 0 Å². The fraction of sp³-hybridized carbons (Fsp3) is 0.611. The van der Waals surface area contributed by atoms with E-state index in [0.717, 1.165) is 19.6 Å². The standard InChI is InChI=1S/C18H28N2O/c1-18(2,3)17(21)19-12-16-10-7-11-20(14-16)13-15-8-5-4-6-9-15/h4-6,8-9,16H,7,10-14H2,1-3H3,(H,19,21). The summed E-state index contributed by atoms with van der Waals surface area (Å²) in [6.07, 6.45) is 2.44. The second kappa shape index (κ2) is 7.08. The van der Waals surface area contributed by atoms with E-state index in [4.69, 9.17) is 0 Å². The van der Waals surface area contributed by atoms with Gasteiger partial charge in [-0.05, 0) is 30.9 Å². The largest absolute Gasteiger partial charge is 0.355 e. The lowest BCUT2D eigenvalue weighted by Gasteiger charge is -2.33. The Labute approximate surface area is 128 Å². The Bertz CT molecular complexity index is 450. The molecule has 1 heterocycles. The van der Waals surface area contributed by atoms with Crippen LogP contribution in [0.2, 0.25) is 0 Å². The fourth-order valence-corrected chi connectivity index (χ4v) is 2.81. The van der Waals surface area contributed by atoms with Crippen molar-refractivity contribution in [3.05, 3.63) is 35.9 Å². The van der Waals surface area contributed by atoms with Crippen molar-refractivity contribution in [2.75, 3.05) is 19.6 Å². The second-order valence-corrected chi connectivity index (χ2v) is 7.19. The molecule has 1 atom stereocenters. The molecule has 1 N–H and O–H groups in total. The molecule has 1 aliphatic rings. The van der Waals surface area contributed by atoms with Gasteiger partial charge in [0.25, 0.3) is 0 Å². The van der Waals surface area contributed by atoms with Crippen LogP contribution in [-0.4, -0.2) is 30.4 Å². The van der Waals surface area contributed by atoms with Crippen LogP contribution < -0.4 is 5.32 Å². The number of amides is 1. The molecule has 0 aromatic heterocycles. The van der Waals surface area contributed by atoms with Crippen molar-refractivity contribution in [3.8, 4) is 0 Å². The predicted octanol–water partition coefficient (Wildman–Crippen LogP) is 3.06. The van der Waals surface area contributed by atoms with Gasteiger partial charge in [-0.1, -0.05) is 51.1 Å². The lowest BCUT2D eigenvalue weighted by Crippen LogP contribution is -2.43. The molecule has 1 fully saturated rings. The fourth-order valence-electron chi connectivity index (χ4n) is 2.81. The monoisotopic (exact) mass is 288 g/mol. The maximum absolute atomic E-state index is 12.0. The van der Waals surface area contributed by atoms with E-state index in [-0.39, 0.29) is 11.3 Å². The third kappa shape index (κ3) is 5.16. The van der Waals surface area contributed by atoms with Gasteiger partial charge in [0.05, 0.1) is 0 Å². The maximum atomic E-state index is 12.0. The number of nitrogens with one attached hydrogen (secondary N) is 1. The number of carbonyl (C=O) groups is 1. The highest BCUT2D eigenvalue weighted by Gasteiger charge is 2.24. The topological polar surface area (TPSA) is 32.3 Å². The predicted molar refractivity (Wildman–Crippen MR) is 86.9 cm³/mol. The number of rotatable bonds is 4. The van der Waals surface area contributed by atoms with Gasteiger partial charge in [-0.25, -0.2) is 0 Å². The van der Waals surface area contributed by atoms with Crippen molar-refractivity contribution >= 4 is 5.91 Å². The molecule has 116 valence electrons. The zero-order valence-corrected chi connectivity index (χ0v) is 13.6. The van der Waals surface area contributed by atoms with E-state index in [1.807, 2.05) is 20.8 Å². The van der Waals surface area contributed by atoms with Crippen LogP contribution in [0.5, 0.6) is 0 Å². The molecule has 0 saturated carbocycles. The molecule has 3 heteroatoms. The number of piperidine rings is 1. The van der Waals surface area contributed by atoms with E-state index in [1.54, 1.807) is 0 Å². The minimum Gasteiger partial charge on any atom is -0.355 e. The molecule has 21 heavy (non-hydrogen) atoms. The van der Waals surface area contributed by atoms with Gasteiger partial charge in [0.15, 0.2) is 0 Å². The number of hydrogen-bond donors (Lipinski definition) is 1. The van der Waals surface area contributed by atoms with Gasteiger partial charge >= 0.3 is 0 Å². The van der Waals surface area contributed by atoms with E-state index in [9.17, 15) is 4.79 Å². The molecule has 0 bridgehead atoms. The van der Waals surface area contributed by atoms with E-state index in [2.05, 4.69) is 40.5 Å². The number of carbonyl (C=O) groups excluding carboxylic acids is 1. The SMILES string of the molecule is CC(C)(C)C(=O)NCC1CCCN(Cc2ccccc2)C1. The lowest BCUT2D eigenvalue weighted by molar-refractivity contribution is -0.128. The van der Waals surface area contributed by atoms with Crippen LogP contribution in [-0.2, 0) is 11.3 Å². The zero-order valence-electron chi connectivity index (χ0n) is 13.6. The van der Waals surface area contributed by atoms with Gasteiger partial charge in [0.1, 0.15) is 0 Å². The first-order valence-electron chi connectivity index (χ1n) is 8.00. The van der Waals surface area contributed by atoms with Crippen molar-refractivity contribution < 1.29 is 4.79 Å². The van der Waals surface area contributed by atoms with E-state index in [0.29, 0.717) is 5.92 Å². The summed E-state index contributed by atoms with van der Waals surface area (Å²) in [5.74, 6) is 0.733. The van der Waals surface area contributed by atoms with Gasteiger partial charge < -0.3 is 5.32 Å². The van der Waals surface area contributed by atoms with Crippen LogP contribution in [0.3, 0.4) is 0 Å². The molecular weight excluding hydrogens is 260 g/mol. The molecular formula is C18H28N2O. The van der Waals surface area contributed by atoms with Gasteiger partial charge in [-0.3, -0.25) is 9.69 Å². The molecule has 3 nitrogen and oxygen atoms in total. The summed E-state index contributed by atoms with van der Waals surface area (Å²) in [5, 5.41) is 3.11. The molecule has 1 saturated heterocycles. The summed E-state index contributed by atoms with van der Waals surface area (Å²) in [6, 6.07) is 10.6. The summed E-state index contributed by atoms with van der Waals surface area (Å²) in [6.45, 7) is 9.96. The Morgan fingerprint density at radius 2 is 2.00 bits per heavy atom. The van der Waals surface area contributed by atoms with Crippen LogP contribution in [0.25, 0.3) is 0 Å². The zero-order chi connectivity index (χ0) is 15.3. The third-order valence-electron chi connectivity index (χ3n) is 4.08. The van der Waals surface area contributed by atoms with E-state index < -0.39 is 0 Å². The van der Waals surface area contributed by atoms with Crippen molar-refractivity contribution in [1.29, 1.82) is 0 Å². The highest BCUT2D eigenvalue weighted by molar-refractivity contribution is 5.81. The number of likely N-dealkylation sites (tertiary alicyclic amines) is 1. The summed E-state index contributed by atoms with van der Waals surface area (Å²) in [5.41, 5.74) is 1.08. The first-order valence-corrected chi connectivity index (χ1v) is 8.00. The summed E-state index contributed by atoms with van der Waals surface area (Å²) < 4.78 is 0. The molecule has 1 aromatic carbocycles. The minimum absolute atomic E-state index is 0.155. The van der Waals surface area contributed by atoms with Gasteiger partial charge in [0.2, 0.25) is 5.91 Å². The van der Waals surface area contributed by atoms with Gasteiger partial charge in [-0.2, -0.15) is 0 Å². The summed E-state index contributed by atoms with van der Waals surface area (Å²) in [7, 11) is 0.